The van der Waals surface area contributed by atoms with Crippen molar-refractivity contribution in [2.45, 2.75) is 6.92 Å². The van der Waals surface area contributed by atoms with Gasteiger partial charge in [0.15, 0.2) is 5.78 Å². The monoisotopic (exact) mass is 400 g/mol. The van der Waals surface area contributed by atoms with Crippen molar-refractivity contribution in [3.05, 3.63) is 88.7 Å². The molecule has 4 rings (SSSR count). The highest BCUT2D eigenvalue weighted by Gasteiger charge is 2.25. The molecule has 0 unspecified atom stereocenters. The third-order valence-corrected chi connectivity index (χ3v) is 4.46. The number of nitro groups is 1. The van der Waals surface area contributed by atoms with Crippen LogP contribution in [0.2, 0.25) is 0 Å². The van der Waals surface area contributed by atoms with Crippen molar-refractivity contribution in [3.8, 4) is 11.6 Å². The molecule has 0 aliphatic heterocycles. The Bertz CT molecular complexity index is 1270. The average molecular weight is 400 g/mol. The Morgan fingerprint density at radius 3 is 2.60 bits per heavy atom. The van der Waals surface area contributed by atoms with E-state index in [0.717, 1.165) is 10.8 Å². The summed E-state index contributed by atoms with van der Waals surface area (Å²) in [6, 6.07) is 19.6. The van der Waals surface area contributed by atoms with Crippen LogP contribution in [-0.2, 0) is 0 Å². The maximum atomic E-state index is 11.8. The van der Waals surface area contributed by atoms with Gasteiger partial charge in [-0.1, -0.05) is 48.5 Å². The highest BCUT2D eigenvalue weighted by molar-refractivity contribution is 5.95. The lowest BCUT2D eigenvalue weighted by Gasteiger charge is -2.11. The van der Waals surface area contributed by atoms with Crippen molar-refractivity contribution >= 4 is 33.7 Å². The van der Waals surface area contributed by atoms with Gasteiger partial charge < -0.3 is 10.1 Å². The summed E-state index contributed by atoms with van der Waals surface area (Å²) in [7, 11) is 0. The first-order valence-corrected chi connectivity index (χ1v) is 9.06. The van der Waals surface area contributed by atoms with Crippen LogP contribution in [0.25, 0.3) is 10.8 Å². The smallest absolute Gasteiger partial charge is 0.373 e. The van der Waals surface area contributed by atoms with Gasteiger partial charge in [-0.05, 0) is 30.5 Å². The van der Waals surface area contributed by atoms with Gasteiger partial charge in [-0.3, -0.25) is 14.9 Å². The second-order valence-electron chi connectivity index (χ2n) is 6.47. The van der Waals surface area contributed by atoms with Gasteiger partial charge in [-0.2, -0.15) is 4.98 Å². The van der Waals surface area contributed by atoms with Crippen LogP contribution in [0.5, 0.6) is 11.6 Å². The number of ether oxygens (including phenoxy) is 1. The summed E-state index contributed by atoms with van der Waals surface area (Å²) in [5.41, 5.74) is 0.559. The molecule has 0 amide bonds. The van der Waals surface area contributed by atoms with Gasteiger partial charge in [-0.25, -0.2) is 4.98 Å². The molecule has 8 heteroatoms. The highest BCUT2D eigenvalue weighted by Crippen LogP contribution is 2.37. The number of rotatable bonds is 6. The molecule has 0 saturated heterocycles. The Morgan fingerprint density at radius 2 is 1.80 bits per heavy atom. The van der Waals surface area contributed by atoms with Crippen LogP contribution in [0.1, 0.15) is 17.3 Å². The van der Waals surface area contributed by atoms with E-state index in [0.29, 0.717) is 17.0 Å². The zero-order valence-corrected chi connectivity index (χ0v) is 15.9. The fraction of sp³-hybridized carbons (Fsp3) is 0.0455. The van der Waals surface area contributed by atoms with Crippen molar-refractivity contribution in [2.24, 2.45) is 0 Å². The number of carbonyl (C=O) groups excluding carboxylic acids is 1. The highest BCUT2D eigenvalue weighted by atomic mass is 16.6. The number of carbonyl (C=O) groups is 1. The summed E-state index contributed by atoms with van der Waals surface area (Å²) in [5, 5.41) is 16.4. The van der Waals surface area contributed by atoms with Crippen LogP contribution in [0.3, 0.4) is 0 Å². The normalized spacial score (nSPS) is 10.6. The molecule has 0 bridgehead atoms. The van der Waals surface area contributed by atoms with Crippen molar-refractivity contribution in [3.63, 3.8) is 0 Å². The SMILES string of the molecule is CC(=O)c1cccc(Nc2ncnc(Oc3cccc4ccccc34)c2[N+](=O)[O-])c1. The second kappa shape index (κ2) is 7.96. The molecule has 0 saturated carbocycles. The maximum Gasteiger partial charge on any atom is 0.373 e. The second-order valence-corrected chi connectivity index (χ2v) is 6.47. The molecular formula is C22H16N4O4. The van der Waals surface area contributed by atoms with Crippen molar-refractivity contribution in [2.75, 3.05) is 5.32 Å². The Hall–Kier alpha value is -4.33. The Balaban J connectivity index is 1.74. The maximum absolute atomic E-state index is 11.8. The fourth-order valence-electron chi connectivity index (χ4n) is 3.03. The number of anilines is 2. The minimum atomic E-state index is -0.600. The largest absolute Gasteiger partial charge is 0.433 e. The van der Waals surface area contributed by atoms with Crippen molar-refractivity contribution < 1.29 is 14.5 Å². The van der Waals surface area contributed by atoms with E-state index in [1.165, 1.54) is 13.3 Å². The number of hydrogen-bond acceptors (Lipinski definition) is 7. The lowest BCUT2D eigenvalue weighted by atomic mass is 10.1. The van der Waals surface area contributed by atoms with Gasteiger partial charge in [0.05, 0.1) is 4.92 Å². The number of Topliss-reactive ketones (excluding diaryl/α,β-unsaturated/α-hetero) is 1. The average Bonchev–Trinajstić information content (AvgIpc) is 2.74. The summed E-state index contributed by atoms with van der Waals surface area (Å²) in [6.07, 6.45) is 1.19. The first kappa shape index (κ1) is 19.0. The Morgan fingerprint density at radius 1 is 1.03 bits per heavy atom. The summed E-state index contributed by atoms with van der Waals surface area (Å²) in [6.45, 7) is 1.45. The van der Waals surface area contributed by atoms with E-state index in [9.17, 15) is 14.9 Å². The molecule has 30 heavy (non-hydrogen) atoms. The van der Waals surface area contributed by atoms with Crippen LogP contribution in [0.15, 0.2) is 73.1 Å². The Kier molecular flexibility index (Phi) is 5.04. The van der Waals surface area contributed by atoms with E-state index in [-0.39, 0.29) is 17.5 Å². The minimum absolute atomic E-state index is 0.0362. The third kappa shape index (κ3) is 3.79. The van der Waals surface area contributed by atoms with E-state index < -0.39 is 10.6 Å². The minimum Gasteiger partial charge on any atom is -0.433 e. The summed E-state index contributed by atoms with van der Waals surface area (Å²) >= 11 is 0. The van der Waals surface area contributed by atoms with Gasteiger partial charge in [-0.15, -0.1) is 0 Å². The van der Waals surface area contributed by atoms with Crippen LogP contribution in [0.4, 0.5) is 17.2 Å². The molecule has 0 aliphatic rings. The van der Waals surface area contributed by atoms with Crippen molar-refractivity contribution in [1.29, 1.82) is 0 Å². The molecule has 1 aromatic heterocycles. The van der Waals surface area contributed by atoms with E-state index in [2.05, 4.69) is 15.3 Å². The molecule has 4 aromatic rings. The quantitative estimate of drug-likeness (QED) is 0.267. The standard InChI is InChI=1S/C22H16N4O4/c1-14(27)16-8-4-9-17(12-16)25-21-20(26(28)29)22(24-13-23-21)30-19-11-5-7-15-6-2-3-10-18(15)19/h2-13H,1H3,(H,23,24,25). The summed E-state index contributed by atoms with van der Waals surface area (Å²) < 4.78 is 5.84. The molecule has 3 aromatic carbocycles. The number of nitrogens with one attached hydrogen (secondary N) is 1. The van der Waals surface area contributed by atoms with Crippen LogP contribution < -0.4 is 10.1 Å². The van der Waals surface area contributed by atoms with Crippen LogP contribution in [0, 0.1) is 10.1 Å². The first-order valence-electron chi connectivity index (χ1n) is 9.06. The molecule has 0 radical (unpaired) electrons. The third-order valence-electron chi connectivity index (χ3n) is 4.46. The molecule has 0 spiro atoms. The van der Waals surface area contributed by atoms with Crippen molar-refractivity contribution in [1.82, 2.24) is 9.97 Å². The van der Waals surface area contributed by atoms with E-state index in [1.807, 2.05) is 30.3 Å². The predicted molar refractivity (Wildman–Crippen MR) is 112 cm³/mol. The number of benzene rings is 3. The van der Waals surface area contributed by atoms with Gasteiger partial charge in [0, 0.05) is 16.6 Å². The number of nitrogens with zero attached hydrogens (tertiary/aromatic N) is 3. The summed E-state index contributed by atoms with van der Waals surface area (Å²) in [5.74, 6) is 0.109. The lowest BCUT2D eigenvalue weighted by molar-refractivity contribution is -0.385. The molecular weight excluding hydrogens is 384 g/mol. The van der Waals surface area contributed by atoms with E-state index in [1.54, 1.807) is 36.4 Å². The zero-order valence-electron chi connectivity index (χ0n) is 15.9. The van der Waals surface area contributed by atoms with Gasteiger partial charge in [0.1, 0.15) is 12.1 Å². The van der Waals surface area contributed by atoms with E-state index in [4.69, 9.17) is 4.74 Å². The summed E-state index contributed by atoms with van der Waals surface area (Å²) in [4.78, 5) is 30.8. The molecule has 0 aliphatic carbocycles. The number of fused-ring (bicyclic) bond motifs is 1. The zero-order chi connectivity index (χ0) is 21.1. The van der Waals surface area contributed by atoms with Crippen LogP contribution >= 0.6 is 0 Å². The van der Waals surface area contributed by atoms with Gasteiger partial charge >= 0.3 is 11.6 Å². The lowest BCUT2D eigenvalue weighted by Crippen LogP contribution is -2.04. The van der Waals surface area contributed by atoms with Gasteiger partial charge in [0.25, 0.3) is 0 Å². The fourth-order valence-corrected chi connectivity index (χ4v) is 3.03. The molecule has 1 N–H and O–H groups in total. The first-order chi connectivity index (χ1) is 14.5. The molecule has 0 fully saturated rings. The Labute approximate surface area is 171 Å². The molecule has 148 valence electrons. The number of hydrogen-bond donors (Lipinski definition) is 1. The van der Waals surface area contributed by atoms with E-state index >= 15 is 0 Å². The molecule has 0 atom stereocenters. The van der Waals surface area contributed by atoms with Crippen LogP contribution in [-0.4, -0.2) is 20.7 Å². The predicted octanol–water partition coefficient (Wildman–Crippen LogP) is 5.28. The number of ketones is 1. The number of aromatic nitrogens is 2. The van der Waals surface area contributed by atoms with Gasteiger partial charge in [0.2, 0.25) is 5.82 Å². The molecule has 1 heterocycles. The molecule has 8 nitrogen and oxygen atoms in total. The topological polar surface area (TPSA) is 107 Å².